The van der Waals surface area contributed by atoms with Crippen molar-refractivity contribution in [2.45, 2.75) is 44.6 Å². The van der Waals surface area contributed by atoms with E-state index >= 15 is 0 Å². The van der Waals surface area contributed by atoms with E-state index in [4.69, 9.17) is 0 Å². The van der Waals surface area contributed by atoms with Gasteiger partial charge in [-0.05, 0) is 55.2 Å². The van der Waals surface area contributed by atoms with Gasteiger partial charge in [0.2, 0.25) is 9.84 Å². The SMILES string of the molecule is Cc1ccc(C2C(S(=O)(=O)c3ccc(C)cc3)=C(O)C(=O)N2c2ccc(C(C)C)cc2)cc1. The van der Waals surface area contributed by atoms with Crippen molar-refractivity contribution in [2.24, 2.45) is 0 Å². The van der Waals surface area contributed by atoms with Crippen molar-refractivity contribution in [1.82, 2.24) is 0 Å². The van der Waals surface area contributed by atoms with Gasteiger partial charge in [0.15, 0.2) is 5.76 Å². The highest BCUT2D eigenvalue weighted by Crippen LogP contribution is 2.45. The van der Waals surface area contributed by atoms with Crippen LogP contribution in [0.1, 0.15) is 48.1 Å². The van der Waals surface area contributed by atoms with E-state index < -0.39 is 27.5 Å². The molecule has 4 rings (SSSR count). The van der Waals surface area contributed by atoms with E-state index in [9.17, 15) is 18.3 Å². The average Bonchev–Trinajstić information content (AvgIpc) is 3.06. The van der Waals surface area contributed by atoms with Gasteiger partial charge < -0.3 is 5.11 Å². The molecule has 3 aromatic carbocycles. The van der Waals surface area contributed by atoms with Gasteiger partial charge in [-0.15, -0.1) is 0 Å². The Morgan fingerprint density at radius 3 is 1.85 bits per heavy atom. The third kappa shape index (κ3) is 4.07. The summed E-state index contributed by atoms with van der Waals surface area (Å²) in [6.45, 7) is 7.95. The van der Waals surface area contributed by atoms with Gasteiger partial charge >= 0.3 is 0 Å². The van der Waals surface area contributed by atoms with E-state index in [0.29, 0.717) is 17.2 Å². The molecule has 170 valence electrons. The van der Waals surface area contributed by atoms with Crippen molar-refractivity contribution in [3.8, 4) is 0 Å². The van der Waals surface area contributed by atoms with E-state index in [-0.39, 0.29) is 9.80 Å². The molecule has 0 spiro atoms. The number of rotatable bonds is 5. The van der Waals surface area contributed by atoms with E-state index in [0.717, 1.165) is 16.7 Å². The first-order chi connectivity index (χ1) is 15.6. The Balaban J connectivity index is 1.90. The van der Waals surface area contributed by atoms with Crippen LogP contribution in [-0.2, 0) is 14.6 Å². The zero-order chi connectivity index (χ0) is 23.9. The van der Waals surface area contributed by atoms with Crippen LogP contribution in [0.3, 0.4) is 0 Å². The number of aliphatic hydroxyl groups excluding tert-OH is 1. The first-order valence-corrected chi connectivity index (χ1v) is 12.3. The van der Waals surface area contributed by atoms with Crippen LogP contribution < -0.4 is 4.90 Å². The summed E-state index contributed by atoms with van der Waals surface area (Å²) in [6.07, 6.45) is 0. The van der Waals surface area contributed by atoms with Crippen LogP contribution in [0, 0.1) is 13.8 Å². The fraction of sp³-hybridized carbons (Fsp3) is 0.222. The second kappa shape index (κ2) is 8.52. The van der Waals surface area contributed by atoms with Gasteiger partial charge in [0.25, 0.3) is 5.91 Å². The van der Waals surface area contributed by atoms with Crippen molar-refractivity contribution in [1.29, 1.82) is 0 Å². The molecule has 0 aromatic heterocycles. The molecule has 1 aliphatic rings. The zero-order valence-electron chi connectivity index (χ0n) is 19.1. The lowest BCUT2D eigenvalue weighted by molar-refractivity contribution is -0.117. The van der Waals surface area contributed by atoms with Gasteiger partial charge in [0.1, 0.15) is 10.9 Å². The Bertz CT molecular complexity index is 1320. The normalized spacial score (nSPS) is 16.7. The lowest BCUT2D eigenvalue weighted by Crippen LogP contribution is -2.31. The number of hydrogen-bond acceptors (Lipinski definition) is 4. The minimum absolute atomic E-state index is 0.0385. The number of aryl methyl sites for hydroxylation is 2. The molecule has 1 heterocycles. The fourth-order valence-corrected chi connectivity index (χ4v) is 5.66. The quantitative estimate of drug-likeness (QED) is 0.524. The summed E-state index contributed by atoms with van der Waals surface area (Å²) in [4.78, 5) is 14.4. The third-order valence-corrected chi connectivity index (χ3v) is 7.90. The molecule has 1 N–H and O–H groups in total. The van der Waals surface area contributed by atoms with E-state index in [1.165, 1.54) is 17.0 Å². The molecule has 0 saturated carbocycles. The number of amides is 1. The highest BCUT2D eigenvalue weighted by atomic mass is 32.2. The Morgan fingerprint density at radius 2 is 1.33 bits per heavy atom. The summed E-state index contributed by atoms with van der Waals surface area (Å²) in [5.41, 5.74) is 4.15. The summed E-state index contributed by atoms with van der Waals surface area (Å²) >= 11 is 0. The fourth-order valence-electron chi connectivity index (χ4n) is 4.04. The minimum Gasteiger partial charge on any atom is -0.502 e. The summed E-state index contributed by atoms with van der Waals surface area (Å²) < 4.78 is 27.4. The van der Waals surface area contributed by atoms with Gasteiger partial charge in [0, 0.05) is 5.69 Å². The molecule has 6 heteroatoms. The molecule has 0 radical (unpaired) electrons. The molecule has 3 aromatic rings. The van der Waals surface area contributed by atoms with Gasteiger partial charge in [-0.2, -0.15) is 0 Å². The summed E-state index contributed by atoms with van der Waals surface area (Å²) in [6, 6.07) is 20.2. The molecule has 1 unspecified atom stereocenters. The number of carbonyl (C=O) groups is 1. The average molecular weight is 462 g/mol. The van der Waals surface area contributed by atoms with Crippen molar-refractivity contribution < 1.29 is 18.3 Å². The highest BCUT2D eigenvalue weighted by Gasteiger charge is 2.47. The zero-order valence-corrected chi connectivity index (χ0v) is 19.9. The molecule has 0 saturated heterocycles. The molecule has 0 bridgehead atoms. The topological polar surface area (TPSA) is 74.7 Å². The van der Waals surface area contributed by atoms with E-state index in [1.54, 1.807) is 36.4 Å². The monoisotopic (exact) mass is 461 g/mol. The largest absolute Gasteiger partial charge is 0.502 e. The number of anilines is 1. The molecule has 1 aliphatic heterocycles. The molecule has 5 nitrogen and oxygen atoms in total. The number of nitrogens with zero attached hydrogens (tertiary/aromatic N) is 1. The summed E-state index contributed by atoms with van der Waals surface area (Å²) in [5.74, 6) is -1.16. The van der Waals surface area contributed by atoms with E-state index in [1.807, 2.05) is 38.1 Å². The molecule has 1 amide bonds. The first kappa shape index (κ1) is 22.8. The molecule has 33 heavy (non-hydrogen) atoms. The van der Waals surface area contributed by atoms with Gasteiger partial charge in [0.05, 0.1) is 4.90 Å². The Kier molecular flexibility index (Phi) is 5.89. The summed E-state index contributed by atoms with van der Waals surface area (Å²) in [5, 5.41) is 10.9. The van der Waals surface area contributed by atoms with E-state index in [2.05, 4.69) is 13.8 Å². The Labute approximate surface area is 194 Å². The van der Waals surface area contributed by atoms with Crippen LogP contribution in [0.25, 0.3) is 0 Å². The standard InChI is InChI=1S/C27H27NO4S/c1-17(2)20-11-13-22(14-12-20)28-24(21-9-5-18(3)6-10-21)26(25(29)27(28)30)33(31,32)23-15-7-19(4)8-16-23/h5-17,24,29H,1-4H3. The Morgan fingerprint density at radius 1 is 0.818 bits per heavy atom. The number of sulfone groups is 1. The maximum Gasteiger partial charge on any atom is 0.295 e. The smallest absolute Gasteiger partial charge is 0.295 e. The van der Waals surface area contributed by atoms with Crippen LogP contribution in [0.2, 0.25) is 0 Å². The summed E-state index contributed by atoms with van der Waals surface area (Å²) in [7, 11) is -4.14. The lowest BCUT2D eigenvalue weighted by atomic mass is 10.0. The molecular formula is C27H27NO4S. The maximum atomic E-state index is 13.7. The van der Waals surface area contributed by atoms with Crippen molar-refractivity contribution in [3.63, 3.8) is 0 Å². The highest BCUT2D eigenvalue weighted by molar-refractivity contribution is 7.95. The van der Waals surface area contributed by atoms with Crippen LogP contribution in [0.4, 0.5) is 5.69 Å². The number of hydrogen-bond donors (Lipinski definition) is 1. The first-order valence-electron chi connectivity index (χ1n) is 10.9. The third-order valence-electron chi connectivity index (χ3n) is 6.01. The predicted molar refractivity (Wildman–Crippen MR) is 130 cm³/mol. The molecule has 1 atom stereocenters. The maximum absolute atomic E-state index is 13.7. The molecule has 0 aliphatic carbocycles. The van der Waals surface area contributed by atoms with Crippen LogP contribution in [0.15, 0.2) is 88.4 Å². The van der Waals surface area contributed by atoms with Gasteiger partial charge in [-0.1, -0.05) is 73.5 Å². The van der Waals surface area contributed by atoms with Crippen LogP contribution >= 0.6 is 0 Å². The molecular weight excluding hydrogens is 434 g/mol. The Hall–Kier alpha value is -3.38. The second-order valence-corrected chi connectivity index (χ2v) is 10.7. The van der Waals surface area contributed by atoms with Crippen molar-refractivity contribution in [2.75, 3.05) is 4.90 Å². The van der Waals surface area contributed by atoms with Gasteiger partial charge in [-0.25, -0.2) is 8.42 Å². The van der Waals surface area contributed by atoms with Crippen LogP contribution in [-0.4, -0.2) is 19.4 Å². The van der Waals surface area contributed by atoms with Crippen LogP contribution in [0.5, 0.6) is 0 Å². The molecule has 0 fully saturated rings. The number of aliphatic hydroxyl groups is 1. The predicted octanol–water partition coefficient (Wildman–Crippen LogP) is 5.76. The van der Waals surface area contributed by atoms with Crippen molar-refractivity contribution in [3.05, 3.63) is 106 Å². The second-order valence-electron chi connectivity index (χ2n) is 8.76. The number of benzene rings is 3. The minimum atomic E-state index is -4.14. The van der Waals surface area contributed by atoms with Gasteiger partial charge in [-0.3, -0.25) is 9.69 Å². The number of carbonyl (C=O) groups excluding carboxylic acids is 1. The lowest BCUT2D eigenvalue weighted by Gasteiger charge is -2.27. The van der Waals surface area contributed by atoms with Crippen molar-refractivity contribution >= 4 is 21.4 Å².